The molecule has 4 rings (SSSR count). The molecule has 4 amide bonds. The Kier molecular flexibility index (Phi) is 9.25. The third-order valence-corrected chi connectivity index (χ3v) is 7.76. The number of halogens is 1. The zero-order chi connectivity index (χ0) is 25.7. The van der Waals surface area contributed by atoms with Crippen LogP contribution in [0.4, 0.5) is 10.5 Å². The van der Waals surface area contributed by atoms with Crippen molar-refractivity contribution in [2.75, 3.05) is 44.2 Å². The molecule has 1 aromatic rings. The number of hydrogen-bond acceptors (Lipinski definition) is 5. The van der Waals surface area contributed by atoms with E-state index in [1.165, 1.54) is 24.3 Å². The first-order chi connectivity index (χ1) is 17.3. The van der Waals surface area contributed by atoms with Crippen LogP contribution in [0.3, 0.4) is 0 Å². The molecule has 1 aromatic carbocycles. The number of amides is 4. The molecule has 1 N–H and O–H groups in total. The highest BCUT2D eigenvalue weighted by Gasteiger charge is 2.30. The van der Waals surface area contributed by atoms with Crippen LogP contribution in [0.25, 0.3) is 0 Å². The van der Waals surface area contributed by atoms with Crippen molar-refractivity contribution in [3.8, 4) is 0 Å². The molecule has 36 heavy (non-hydrogen) atoms. The Morgan fingerprint density at radius 2 is 1.72 bits per heavy atom. The van der Waals surface area contributed by atoms with Crippen LogP contribution in [-0.2, 0) is 9.53 Å². The molecule has 0 saturated carbocycles. The molecule has 198 valence electrons. The molecule has 9 heteroatoms. The third kappa shape index (κ3) is 6.99. The molecule has 3 aliphatic rings. The van der Waals surface area contributed by atoms with Gasteiger partial charge in [-0.1, -0.05) is 25.4 Å². The summed E-state index contributed by atoms with van der Waals surface area (Å²) in [7, 11) is 0. The van der Waals surface area contributed by atoms with Gasteiger partial charge in [0, 0.05) is 44.7 Å². The Balaban J connectivity index is 1.24. The van der Waals surface area contributed by atoms with Crippen molar-refractivity contribution >= 4 is 35.1 Å². The predicted molar refractivity (Wildman–Crippen MR) is 140 cm³/mol. The molecule has 0 unspecified atom stereocenters. The topological polar surface area (TPSA) is 82.2 Å². The first-order valence-corrected chi connectivity index (χ1v) is 13.8. The van der Waals surface area contributed by atoms with Crippen LogP contribution >= 0.6 is 11.6 Å². The van der Waals surface area contributed by atoms with Gasteiger partial charge in [0.2, 0.25) is 5.91 Å². The SMILES string of the molecule is CC(C)CCCN1CCC(OC2CCN(C(=O)c3ccc(Cl)c(N4CCC(=O)NC4=O)c3)CC2)CC1. The largest absolute Gasteiger partial charge is 0.375 e. The van der Waals surface area contributed by atoms with Gasteiger partial charge in [-0.3, -0.25) is 19.8 Å². The number of likely N-dealkylation sites (tertiary alicyclic amines) is 2. The van der Waals surface area contributed by atoms with E-state index in [1.54, 1.807) is 18.2 Å². The van der Waals surface area contributed by atoms with Crippen LogP contribution in [0.2, 0.25) is 5.02 Å². The summed E-state index contributed by atoms with van der Waals surface area (Å²) in [5.41, 5.74) is 0.935. The minimum Gasteiger partial charge on any atom is -0.375 e. The van der Waals surface area contributed by atoms with Gasteiger partial charge in [0.25, 0.3) is 5.91 Å². The number of urea groups is 1. The number of carbonyl (C=O) groups excluding carboxylic acids is 3. The van der Waals surface area contributed by atoms with E-state index in [-0.39, 0.29) is 30.9 Å². The number of anilines is 1. The number of nitrogens with zero attached hydrogens (tertiary/aromatic N) is 3. The number of benzene rings is 1. The van der Waals surface area contributed by atoms with E-state index >= 15 is 0 Å². The van der Waals surface area contributed by atoms with Crippen LogP contribution in [-0.4, -0.2) is 79.1 Å². The Morgan fingerprint density at radius 3 is 2.36 bits per heavy atom. The molecule has 3 saturated heterocycles. The number of imide groups is 1. The van der Waals surface area contributed by atoms with E-state index in [9.17, 15) is 14.4 Å². The van der Waals surface area contributed by atoms with Crippen molar-refractivity contribution in [2.45, 2.75) is 71.0 Å². The third-order valence-electron chi connectivity index (χ3n) is 7.44. The van der Waals surface area contributed by atoms with E-state index in [2.05, 4.69) is 24.1 Å². The van der Waals surface area contributed by atoms with Gasteiger partial charge in [0.1, 0.15) is 0 Å². The second kappa shape index (κ2) is 12.4. The lowest BCUT2D eigenvalue weighted by Crippen LogP contribution is -2.49. The molecular formula is C27H39ClN4O4. The number of rotatable bonds is 8. The molecule has 0 atom stereocenters. The quantitative estimate of drug-likeness (QED) is 0.554. The van der Waals surface area contributed by atoms with Gasteiger partial charge in [0.15, 0.2) is 0 Å². The Hall–Kier alpha value is -2.16. The Labute approximate surface area is 219 Å². The normalized spacial score (nSPS) is 20.8. The first kappa shape index (κ1) is 26.9. The molecule has 3 heterocycles. The molecule has 0 aromatic heterocycles. The fourth-order valence-electron chi connectivity index (χ4n) is 5.29. The summed E-state index contributed by atoms with van der Waals surface area (Å²) < 4.78 is 6.43. The maximum atomic E-state index is 13.2. The highest BCUT2D eigenvalue weighted by Crippen LogP contribution is 2.30. The van der Waals surface area contributed by atoms with E-state index in [4.69, 9.17) is 16.3 Å². The fourth-order valence-corrected chi connectivity index (χ4v) is 5.51. The molecule has 8 nitrogen and oxygen atoms in total. The van der Waals surface area contributed by atoms with Gasteiger partial charge in [-0.05, 0) is 69.2 Å². The fraction of sp³-hybridized carbons (Fsp3) is 0.667. The summed E-state index contributed by atoms with van der Waals surface area (Å²) >= 11 is 6.33. The number of piperidine rings is 2. The van der Waals surface area contributed by atoms with E-state index in [0.29, 0.717) is 35.5 Å². The van der Waals surface area contributed by atoms with Crippen molar-refractivity contribution in [3.05, 3.63) is 28.8 Å². The monoisotopic (exact) mass is 518 g/mol. The van der Waals surface area contributed by atoms with E-state index in [1.807, 2.05) is 4.90 Å². The smallest absolute Gasteiger partial charge is 0.328 e. The van der Waals surface area contributed by atoms with Crippen LogP contribution in [0.1, 0.15) is 69.2 Å². The van der Waals surface area contributed by atoms with Crippen molar-refractivity contribution < 1.29 is 19.1 Å². The second-order valence-electron chi connectivity index (χ2n) is 10.6. The number of nitrogens with one attached hydrogen (secondary N) is 1. The maximum absolute atomic E-state index is 13.2. The van der Waals surface area contributed by atoms with Gasteiger partial charge in [-0.15, -0.1) is 0 Å². The zero-order valence-corrected chi connectivity index (χ0v) is 22.3. The summed E-state index contributed by atoms with van der Waals surface area (Å²) in [5, 5.41) is 2.67. The maximum Gasteiger partial charge on any atom is 0.328 e. The number of hydrogen-bond donors (Lipinski definition) is 1. The summed E-state index contributed by atoms with van der Waals surface area (Å²) in [6.45, 7) is 9.52. The minimum atomic E-state index is -0.517. The van der Waals surface area contributed by atoms with Crippen molar-refractivity contribution in [3.63, 3.8) is 0 Å². The number of carbonyl (C=O) groups is 3. The van der Waals surface area contributed by atoms with Gasteiger partial charge in [-0.25, -0.2) is 4.79 Å². The van der Waals surface area contributed by atoms with Crippen LogP contribution < -0.4 is 10.2 Å². The Morgan fingerprint density at radius 1 is 1.06 bits per heavy atom. The summed E-state index contributed by atoms with van der Waals surface area (Å²) in [5.74, 6) is 0.389. The van der Waals surface area contributed by atoms with E-state index < -0.39 is 6.03 Å². The minimum absolute atomic E-state index is 0.0745. The first-order valence-electron chi connectivity index (χ1n) is 13.4. The molecule has 0 spiro atoms. The van der Waals surface area contributed by atoms with E-state index in [0.717, 1.165) is 44.7 Å². The molecule has 3 fully saturated rings. The zero-order valence-electron chi connectivity index (χ0n) is 21.5. The van der Waals surface area contributed by atoms with Gasteiger partial charge >= 0.3 is 6.03 Å². The molecule has 0 radical (unpaired) electrons. The van der Waals surface area contributed by atoms with Gasteiger partial charge < -0.3 is 14.5 Å². The molecular weight excluding hydrogens is 480 g/mol. The Bertz CT molecular complexity index is 940. The highest BCUT2D eigenvalue weighted by molar-refractivity contribution is 6.34. The lowest BCUT2D eigenvalue weighted by atomic mass is 10.0. The lowest BCUT2D eigenvalue weighted by molar-refractivity contribution is -0.120. The summed E-state index contributed by atoms with van der Waals surface area (Å²) in [6, 6.07) is 4.46. The summed E-state index contributed by atoms with van der Waals surface area (Å²) in [4.78, 5) is 42.8. The van der Waals surface area contributed by atoms with Crippen LogP contribution in [0, 0.1) is 5.92 Å². The molecule has 0 aliphatic carbocycles. The van der Waals surface area contributed by atoms with Crippen molar-refractivity contribution in [2.24, 2.45) is 5.92 Å². The molecule has 3 aliphatic heterocycles. The van der Waals surface area contributed by atoms with Crippen molar-refractivity contribution in [1.82, 2.24) is 15.1 Å². The van der Waals surface area contributed by atoms with Crippen LogP contribution in [0.5, 0.6) is 0 Å². The van der Waals surface area contributed by atoms with Crippen molar-refractivity contribution in [1.29, 1.82) is 0 Å². The van der Waals surface area contributed by atoms with Crippen LogP contribution in [0.15, 0.2) is 18.2 Å². The predicted octanol–water partition coefficient (Wildman–Crippen LogP) is 4.31. The molecule has 0 bridgehead atoms. The summed E-state index contributed by atoms with van der Waals surface area (Å²) in [6.07, 6.45) is 7.12. The standard InChI is InChI=1S/C27H39ClN4O4/c1-19(2)4-3-12-30-13-7-21(8-14-30)36-22-9-15-31(16-10-22)26(34)20-5-6-23(28)24(18-20)32-17-11-25(33)29-27(32)35/h5-6,18-19,21-22H,3-4,7-17H2,1-2H3,(H,29,33,35). The lowest BCUT2D eigenvalue weighted by Gasteiger charge is -2.37. The number of ether oxygens (including phenoxy) is 1. The van der Waals surface area contributed by atoms with Gasteiger partial charge in [-0.2, -0.15) is 0 Å². The second-order valence-corrected chi connectivity index (χ2v) is 11.0. The highest BCUT2D eigenvalue weighted by atomic mass is 35.5. The van der Waals surface area contributed by atoms with Gasteiger partial charge in [0.05, 0.1) is 22.9 Å². The average molecular weight is 519 g/mol. The average Bonchev–Trinajstić information content (AvgIpc) is 2.86.